The van der Waals surface area contributed by atoms with Crippen LogP contribution in [0.25, 0.3) is 10.8 Å². The topological polar surface area (TPSA) is 50.4 Å². The minimum Gasteiger partial charge on any atom is -0.481 e. The average Bonchev–Trinajstić information content (AvgIpc) is 2.48. The normalized spacial score (nSPS) is 10.5. The zero-order valence-corrected chi connectivity index (χ0v) is 6.86. The van der Waals surface area contributed by atoms with E-state index < -0.39 is 5.97 Å². The van der Waals surface area contributed by atoms with Crippen LogP contribution in [0.2, 0.25) is 0 Å². The number of carboxylic acid groups (broad SMARTS) is 1. The van der Waals surface area contributed by atoms with E-state index >= 15 is 0 Å². The predicted octanol–water partition coefficient (Wildman–Crippen LogP) is 2.06. The van der Waals surface area contributed by atoms with Crippen LogP contribution < -0.4 is 0 Å². The first-order valence-electron chi connectivity index (χ1n) is 3.94. The molecule has 2 rings (SSSR count). The Morgan fingerprint density at radius 2 is 2.15 bits per heavy atom. The van der Waals surface area contributed by atoms with Crippen LogP contribution in [0, 0.1) is 0 Å². The Hall–Kier alpha value is -1.77. The zero-order valence-electron chi connectivity index (χ0n) is 6.86. The second-order valence-corrected chi connectivity index (χ2v) is 2.82. The number of carbonyl (C=O) groups is 1. The van der Waals surface area contributed by atoms with E-state index in [0.29, 0.717) is 5.76 Å². The average molecular weight is 176 g/mol. The van der Waals surface area contributed by atoms with Crippen LogP contribution >= 0.6 is 0 Å². The molecule has 3 nitrogen and oxygen atoms in total. The van der Waals surface area contributed by atoms with Crippen molar-refractivity contribution in [1.82, 2.24) is 0 Å². The lowest BCUT2D eigenvalue weighted by Crippen LogP contribution is -1.98. The van der Waals surface area contributed by atoms with Crippen molar-refractivity contribution >= 4 is 16.7 Å². The van der Waals surface area contributed by atoms with Crippen molar-refractivity contribution in [3.05, 3.63) is 36.3 Å². The second-order valence-electron chi connectivity index (χ2n) is 2.82. The minimum absolute atomic E-state index is 0.0620. The molecule has 1 N–H and O–H groups in total. The number of rotatable bonds is 2. The number of aliphatic carboxylic acids is 1. The minimum atomic E-state index is -0.875. The molecule has 0 bridgehead atoms. The molecule has 2 aromatic rings. The molecule has 13 heavy (non-hydrogen) atoms. The lowest BCUT2D eigenvalue weighted by atomic mass is 10.1. The van der Waals surface area contributed by atoms with E-state index in [-0.39, 0.29) is 6.42 Å². The summed E-state index contributed by atoms with van der Waals surface area (Å²) in [6, 6.07) is 7.51. The van der Waals surface area contributed by atoms with Crippen LogP contribution in [0.1, 0.15) is 5.76 Å². The lowest BCUT2D eigenvalue weighted by molar-refractivity contribution is -0.136. The van der Waals surface area contributed by atoms with Gasteiger partial charge < -0.3 is 9.52 Å². The van der Waals surface area contributed by atoms with E-state index in [0.717, 1.165) is 10.8 Å². The molecule has 66 valence electrons. The standard InChI is InChI=1S/C10H8O3/c11-10(12)5-9-8-4-2-1-3-7(8)6-13-9/h1-4,6H,5H2,(H,11,12). The summed E-state index contributed by atoms with van der Waals surface area (Å²) in [4.78, 5) is 10.5. The number of furan rings is 1. The lowest BCUT2D eigenvalue weighted by Gasteiger charge is -1.91. The highest BCUT2D eigenvalue weighted by Crippen LogP contribution is 2.20. The zero-order chi connectivity index (χ0) is 9.26. The fraction of sp³-hybridized carbons (Fsp3) is 0.100. The van der Waals surface area contributed by atoms with Crippen molar-refractivity contribution in [1.29, 1.82) is 0 Å². The predicted molar refractivity (Wildman–Crippen MR) is 47.6 cm³/mol. The number of hydrogen-bond acceptors (Lipinski definition) is 2. The van der Waals surface area contributed by atoms with Gasteiger partial charge in [-0.3, -0.25) is 4.79 Å². The molecule has 0 aliphatic rings. The van der Waals surface area contributed by atoms with Gasteiger partial charge in [0, 0.05) is 10.8 Å². The smallest absolute Gasteiger partial charge is 0.311 e. The molecule has 0 aliphatic carbocycles. The summed E-state index contributed by atoms with van der Waals surface area (Å²) in [6.07, 6.45) is 1.51. The van der Waals surface area contributed by atoms with E-state index in [1.54, 1.807) is 6.26 Å². The summed E-state index contributed by atoms with van der Waals surface area (Å²) >= 11 is 0. The van der Waals surface area contributed by atoms with Gasteiger partial charge in [0.1, 0.15) is 12.2 Å². The Morgan fingerprint density at radius 3 is 2.92 bits per heavy atom. The molecule has 1 aromatic carbocycles. The maximum absolute atomic E-state index is 10.5. The van der Waals surface area contributed by atoms with E-state index in [1.165, 1.54) is 0 Å². The van der Waals surface area contributed by atoms with Gasteiger partial charge in [-0.25, -0.2) is 0 Å². The van der Waals surface area contributed by atoms with Crippen molar-refractivity contribution in [2.75, 3.05) is 0 Å². The van der Waals surface area contributed by atoms with Crippen molar-refractivity contribution in [3.63, 3.8) is 0 Å². The molecule has 0 aliphatic heterocycles. The third-order valence-corrected chi connectivity index (χ3v) is 1.90. The van der Waals surface area contributed by atoms with Gasteiger partial charge in [-0.05, 0) is 0 Å². The van der Waals surface area contributed by atoms with Crippen molar-refractivity contribution in [2.24, 2.45) is 0 Å². The molecule has 1 heterocycles. The van der Waals surface area contributed by atoms with Gasteiger partial charge in [-0.1, -0.05) is 24.3 Å². The van der Waals surface area contributed by atoms with Gasteiger partial charge in [0.15, 0.2) is 0 Å². The summed E-state index contributed by atoms with van der Waals surface area (Å²) in [7, 11) is 0. The highest BCUT2D eigenvalue weighted by atomic mass is 16.4. The summed E-state index contributed by atoms with van der Waals surface area (Å²) in [6.45, 7) is 0. The largest absolute Gasteiger partial charge is 0.481 e. The van der Waals surface area contributed by atoms with E-state index in [1.807, 2.05) is 24.3 Å². The Labute approximate surface area is 74.6 Å². The van der Waals surface area contributed by atoms with Gasteiger partial charge in [-0.2, -0.15) is 0 Å². The van der Waals surface area contributed by atoms with Gasteiger partial charge in [0.2, 0.25) is 0 Å². The summed E-state index contributed by atoms with van der Waals surface area (Å²) in [5.74, 6) is -0.358. The molecule has 0 radical (unpaired) electrons. The van der Waals surface area contributed by atoms with Crippen LogP contribution in [-0.2, 0) is 11.2 Å². The first kappa shape index (κ1) is 7.86. The fourth-order valence-corrected chi connectivity index (χ4v) is 1.33. The fourth-order valence-electron chi connectivity index (χ4n) is 1.33. The number of hydrogen-bond donors (Lipinski definition) is 1. The summed E-state index contributed by atoms with van der Waals surface area (Å²) in [5, 5.41) is 10.4. The van der Waals surface area contributed by atoms with E-state index in [2.05, 4.69) is 0 Å². The molecule has 0 saturated carbocycles. The van der Waals surface area contributed by atoms with Gasteiger partial charge in [0.05, 0.1) is 6.26 Å². The molecule has 3 heteroatoms. The molecular formula is C10H8O3. The Kier molecular flexibility index (Phi) is 1.77. The first-order valence-corrected chi connectivity index (χ1v) is 3.94. The molecule has 0 unspecified atom stereocenters. The molecule has 0 atom stereocenters. The summed E-state index contributed by atoms with van der Waals surface area (Å²) in [5.41, 5.74) is 0. The van der Waals surface area contributed by atoms with Crippen LogP contribution in [0.5, 0.6) is 0 Å². The molecule has 0 spiro atoms. The van der Waals surface area contributed by atoms with Crippen LogP contribution in [0.3, 0.4) is 0 Å². The Morgan fingerprint density at radius 1 is 1.38 bits per heavy atom. The van der Waals surface area contributed by atoms with Crippen LogP contribution in [0.4, 0.5) is 0 Å². The van der Waals surface area contributed by atoms with E-state index in [4.69, 9.17) is 9.52 Å². The number of carboxylic acids is 1. The Bertz CT molecular complexity index is 442. The molecule has 0 amide bonds. The van der Waals surface area contributed by atoms with Crippen molar-refractivity contribution in [2.45, 2.75) is 6.42 Å². The molecule has 0 saturated heterocycles. The first-order chi connectivity index (χ1) is 6.27. The molecule has 0 fully saturated rings. The highest BCUT2D eigenvalue weighted by Gasteiger charge is 2.08. The van der Waals surface area contributed by atoms with Crippen LogP contribution in [0.15, 0.2) is 34.9 Å². The van der Waals surface area contributed by atoms with Gasteiger partial charge in [-0.15, -0.1) is 0 Å². The maximum atomic E-state index is 10.5. The third-order valence-electron chi connectivity index (χ3n) is 1.90. The summed E-state index contributed by atoms with van der Waals surface area (Å²) < 4.78 is 5.15. The number of benzene rings is 1. The SMILES string of the molecule is O=C(O)Cc1occ2ccccc12. The highest BCUT2D eigenvalue weighted by molar-refractivity contribution is 5.86. The van der Waals surface area contributed by atoms with E-state index in [9.17, 15) is 4.79 Å². The third kappa shape index (κ3) is 1.40. The number of fused-ring (bicyclic) bond motifs is 1. The van der Waals surface area contributed by atoms with Crippen LogP contribution in [-0.4, -0.2) is 11.1 Å². The van der Waals surface area contributed by atoms with Crippen molar-refractivity contribution < 1.29 is 14.3 Å². The quantitative estimate of drug-likeness (QED) is 0.761. The van der Waals surface area contributed by atoms with Crippen molar-refractivity contribution in [3.8, 4) is 0 Å². The van der Waals surface area contributed by atoms with Gasteiger partial charge in [0.25, 0.3) is 0 Å². The maximum Gasteiger partial charge on any atom is 0.311 e. The molecular weight excluding hydrogens is 168 g/mol. The second kappa shape index (κ2) is 2.94. The monoisotopic (exact) mass is 176 g/mol. The van der Waals surface area contributed by atoms with Gasteiger partial charge >= 0.3 is 5.97 Å². The Balaban J connectivity index is 2.51. The molecule has 1 aromatic heterocycles.